The smallest absolute Gasteiger partial charge is 0.227 e. The molecule has 0 radical (unpaired) electrons. The van der Waals surface area contributed by atoms with Crippen molar-refractivity contribution in [1.82, 2.24) is 19.9 Å². The number of hydrogen-bond donors (Lipinski definition) is 0. The maximum absolute atomic E-state index is 5.12. The highest BCUT2D eigenvalue weighted by Crippen LogP contribution is 2.21. The normalized spacial score (nSPS) is 18.1. The Morgan fingerprint density at radius 2 is 1.42 bits per heavy atom. The first-order chi connectivity index (χ1) is 12.8. The number of nitrogens with zero attached hydrogens (tertiary/aromatic N) is 7. The fourth-order valence-electron chi connectivity index (χ4n) is 3.48. The number of anilines is 3. The molecule has 8 heteroatoms. The molecule has 0 aliphatic carbocycles. The predicted octanol–water partition coefficient (Wildman–Crippen LogP) is 1.59. The van der Waals surface area contributed by atoms with E-state index in [2.05, 4.69) is 29.7 Å². The van der Waals surface area contributed by atoms with Crippen molar-refractivity contribution in [2.24, 2.45) is 0 Å². The Kier molecular flexibility index (Phi) is 4.99. The number of ether oxygens (including phenoxy) is 1. The van der Waals surface area contributed by atoms with E-state index in [9.17, 15) is 0 Å². The minimum absolute atomic E-state index is 0.679. The molecule has 0 N–H and O–H groups in total. The van der Waals surface area contributed by atoms with E-state index in [1.807, 2.05) is 12.3 Å². The van der Waals surface area contributed by atoms with Crippen molar-refractivity contribution in [3.05, 3.63) is 24.7 Å². The number of piperazine rings is 1. The van der Waals surface area contributed by atoms with Crippen LogP contribution in [0.15, 0.2) is 24.7 Å². The standard InChI is InChI=1S/C18H25N7O/c1-26-15-13-20-17(21-14-15)25-11-9-23(10-12-25)16-5-6-19-18(22-16)24-7-3-2-4-8-24/h5-6,13-14H,2-4,7-12H2,1H3. The molecule has 2 aliphatic rings. The van der Waals surface area contributed by atoms with Gasteiger partial charge in [0.05, 0.1) is 19.5 Å². The summed E-state index contributed by atoms with van der Waals surface area (Å²) in [7, 11) is 1.62. The van der Waals surface area contributed by atoms with Crippen molar-refractivity contribution < 1.29 is 4.74 Å². The van der Waals surface area contributed by atoms with Crippen molar-refractivity contribution >= 4 is 17.7 Å². The summed E-state index contributed by atoms with van der Waals surface area (Å²) in [4.78, 5) is 24.9. The minimum atomic E-state index is 0.679. The first-order valence-electron chi connectivity index (χ1n) is 9.27. The molecule has 0 spiro atoms. The number of rotatable bonds is 4. The summed E-state index contributed by atoms with van der Waals surface area (Å²) in [6, 6.07) is 2.01. The summed E-state index contributed by atoms with van der Waals surface area (Å²) in [5, 5.41) is 0. The summed E-state index contributed by atoms with van der Waals surface area (Å²) in [5.41, 5.74) is 0. The molecule has 2 aromatic heterocycles. The van der Waals surface area contributed by atoms with Gasteiger partial charge in [-0.25, -0.2) is 15.0 Å². The first-order valence-corrected chi connectivity index (χ1v) is 9.27. The van der Waals surface area contributed by atoms with Crippen LogP contribution in [-0.2, 0) is 0 Å². The van der Waals surface area contributed by atoms with Gasteiger partial charge in [0.2, 0.25) is 11.9 Å². The summed E-state index contributed by atoms with van der Waals surface area (Å²) in [6.07, 6.45) is 9.08. The van der Waals surface area contributed by atoms with Crippen LogP contribution >= 0.6 is 0 Å². The summed E-state index contributed by atoms with van der Waals surface area (Å²) < 4.78 is 5.12. The maximum Gasteiger partial charge on any atom is 0.227 e. The first kappa shape index (κ1) is 16.8. The second-order valence-corrected chi connectivity index (χ2v) is 6.66. The van der Waals surface area contributed by atoms with E-state index >= 15 is 0 Å². The van der Waals surface area contributed by atoms with Crippen LogP contribution in [-0.4, -0.2) is 66.3 Å². The number of aromatic nitrogens is 4. The molecule has 4 heterocycles. The Hall–Kier alpha value is -2.64. The van der Waals surface area contributed by atoms with Crippen LogP contribution < -0.4 is 19.4 Å². The second kappa shape index (κ2) is 7.72. The molecule has 2 fully saturated rings. The van der Waals surface area contributed by atoms with Crippen LogP contribution in [0.3, 0.4) is 0 Å². The molecule has 0 amide bonds. The minimum Gasteiger partial charge on any atom is -0.494 e. The zero-order valence-corrected chi connectivity index (χ0v) is 15.2. The number of hydrogen-bond acceptors (Lipinski definition) is 8. The molecule has 138 valence electrons. The zero-order chi connectivity index (χ0) is 17.8. The van der Waals surface area contributed by atoms with Gasteiger partial charge in [0.25, 0.3) is 0 Å². The molecule has 0 saturated carbocycles. The highest BCUT2D eigenvalue weighted by Gasteiger charge is 2.21. The van der Waals surface area contributed by atoms with Crippen molar-refractivity contribution in [2.45, 2.75) is 19.3 Å². The summed E-state index contributed by atoms with van der Waals surface area (Å²) >= 11 is 0. The third-order valence-corrected chi connectivity index (χ3v) is 5.00. The quantitative estimate of drug-likeness (QED) is 0.819. The lowest BCUT2D eigenvalue weighted by atomic mass is 10.1. The van der Waals surface area contributed by atoms with E-state index in [1.165, 1.54) is 19.3 Å². The van der Waals surface area contributed by atoms with Crippen LogP contribution in [0.5, 0.6) is 5.75 Å². The fourth-order valence-corrected chi connectivity index (χ4v) is 3.48. The third-order valence-electron chi connectivity index (χ3n) is 5.00. The lowest BCUT2D eigenvalue weighted by Crippen LogP contribution is -2.47. The van der Waals surface area contributed by atoms with Gasteiger partial charge >= 0.3 is 0 Å². The number of methoxy groups -OCH3 is 1. The van der Waals surface area contributed by atoms with Gasteiger partial charge in [0, 0.05) is 45.5 Å². The zero-order valence-electron chi connectivity index (χ0n) is 15.2. The predicted molar refractivity (Wildman–Crippen MR) is 101 cm³/mol. The Balaban J connectivity index is 1.39. The van der Waals surface area contributed by atoms with Crippen molar-refractivity contribution in [2.75, 3.05) is 61.1 Å². The Bertz CT molecular complexity index is 710. The lowest BCUT2D eigenvalue weighted by molar-refractivity contribution is 0.410. The average Bonchev–Trinajstić information content (AvgIpc) is 2.75. The van der Waals surface area contributed by atoms with Crippen molar-refractivity contribution in [3.63, 3.8) is 0 Å². The molecule has 0 aromatic carbocycles. The summed E-state index contributed by atoms with van der Waals surface area (Å²) in [6.45, 7) is 5.65. The monoisotopic (exact) mass is 355 g/mol. The fraction of sp³-hybridized carbons (Fsp3) is 0.556. The highest BCUT2D eigenvalue weighted by atomic mass is 16.5. The molecule has 26 heavy (non-hydrogen) atoms. The van der Waals surface area contributed by atoms with E-state index in [1.54, 1.807) is 19.5 Å². The number of piperidine rings is 1. The SMILES string of the molecule is COc1cnc(N2CCN(c3ccnc(N4CCCCC4)n3)CC2)nc1. The van der Waals surface area contributed by atoms with Crippen LogP contribution in [0.4, 0.5) is 17.7 Å². The van der Waals surface area contributed by atoms with Gasteiger partial charge in [-0.15, -0.1) is 0 Å². The van der Waals surface area contributed by atoms with Gasteiger partial charge in [-0.2, -0.15) is 4.98 Å². The van der Waals surface area contributed by atoms with Gasteiger partial charge in [0.15, 0.2) is 5.75 Å². The molecule has 0 unspecified atom stereocenters. The van der Waals surface area contributed by atoms with Gasteiger partial charge in [0.1, 0.15) is 5.82 Å². The second-order valence-electron chi connectivity index (χ2n) is 6.66. The van der Waals surface area contributed by atoms with E-state index < -0.39 is 0 Å². The highest BCUT2D eigenvalue weighted by molar-refractivity contribution is 5.46. The summed E-state index contributed by atoms with van der Waals surface area (Å²) in [5.74, 6) is 3.31. The topological polar surface area (TPSA) is 70.5 Å². The van der Waals surface area contributed by atoms with Crippen LogP contribution in [0, 0.1) is 0 Å². The van der Waals surface area contributed by atoms with E-state index in [4.69, 9.17) is 9.72 Å². The van der Waals surface area contributed by atoms with Crippen molar-refractivity contribution in [3.8, 4) is 5.75 Å². The van der Waals surface area contributed by atoms with Gasteiger partial charge in [-0.3, -0.25) is 0 Å². The van der Waals surface area contributed by atoms with Crippen molar-refractivity contribution in [1.29, 1.82) is 0 Å². The van der Waals surface area contributed by atoms with E-state index in [0.717, 1.165) is 57.0 Å². The maximum atomic E-state index is 5.12. The Morgan fingerprint density at radius 1 is 0.769 bits per heavy atom. The lowest BCUT2D eigenvalue weighted by Gasteiger charge is -2.35. The molecule has 2 aliphatic heterocycles. The molecule has 4 rings (SSSR count). The molecular weight excluding hydrogens is 330 g/mol. The average molecular weight is 355 g/mol. The molecule has 0 bridgehead atoms. The molecule has 0 atom stereocenters. The van der Waals surface area contributed by atoms with E-state index in [-0.39, 0.29) is 0 Å². The third kappa shape index (κ3) is 3.63. The molecule has 8 nitrogen and oxygen atoms in total. The van der Waals surface area contributed by atoms with Crippen LogP contribution in [0.25, 0.3) is 0 Å². The molecule has 2 aromatic rings. The Morgan fingerprint density at radius 3 is 2.12 bits per heavy atom. The molecular formula is C18H25N7O. The van der Waals surface area contributed by atoms with Crippen LogP contribution in [0.1, 0.15) is 19.3 Å². The Labute approximate surface area is 153 Å². The van der Waals surface area contributed by atoms with E-state index in [0.29, 0.717) is 5.75 Å². The van der Waals surface area contributed by atoms with Gasteiger partial charge in [-0.1, -0.05) is 0 Å². The van der Waals surface area contributed by atoms with Gasteiger partial charge < -0.3 is 19.4 Å². The molecule has 2 saturated heterocycles. The van der Waals surface area contributed by atoms with Gasteiger partial charge in [-0.05, 0) is 25.3 Å². The van der Waals surface area contributed by atoms with Crippen LogP contribution in [0.2, 0.25) is 0 Å². The largest absolute Gasteiger partial charge is 0.494 e.